The van der Waals surface area contributed by atoms with E-state index in [1.54, 1.807) is 19.1 Å². The second-order valence-electron chi connectivity index (χ2n) is 4.13. The van der Waals surface area contributed by atoms with E-state index >= 15 is 0 Å². The smallest absolute Gasteiger partial charge is 0.129 e. The number of hydrogen-bond donors (Lipinski definition) is 1. The first-order valence-electron chi connectivity index (χ1n) is 5.15. The Labute approximate surface area is 112 Å². The number of halogens is 2. The molecule has 4 heteroatoms. The Hall–Kier alpha value is -0.710. The molecule has 0 radical (unpaired) electrons. The lowest BCUT2D eigenvalue weighted by molar-refractivity contribution is 0.101. The topological polar surface area (TPSA) is 20.2 Å². The molecule has 0 saturated heterocycles. The van der Waals surface area contributed by atoms with Gasteiger partial charge in [-0.25, -0.2) is 4.39 Å². The van der Waals surface area contributed by atoms with E-state index in [9.17, 15) is 9.50 Å². The Morgan fingerprint density at radius 3 is 2.65 bits per heavy atom. The van der Waals surface area contributed by atoms with E-state index in [2.05, 4.69) is 15.9 Å². The average Bonchev–Trinajstić information content (AvgIpc) is 2.68. The van der Waals surface area contributed by atoms with E-state index in [0.29, 0.717) is 0 Å². The Kier molecular flexibility index (Phi) is 3.39. The molecule has 0 aliphatic carbocycles. The second-order valence-corrected chi connectivity index (χ2v) is 5.96. The number of hydrogen-bond acceptors (Lipinski definition) is 2. The van der Waals surface area contributed by atoms with Crippen LogP contribution in [-0.2, 0) is 5.60 Å². The SMILES string of the molecule is Cc1ccsc1C(C)(O)c1cc(Br)ccc1F. The number of rotatable bonds is 2. The largest absolute Gasteiger partial charge is 0.380 e. The Balaban J connectivity index is 2.59. The number of thiophene rings is 1. The summed E-state index contributed by atoms with van der Waals surface area (Å²) in [6, 6.07) is 6.52. The van der Waals surface area contributed by atoms with E-state index in [1.807, 2.05) is 18.4 Å². The van der Waals surface area contributed by atoms with Crippen molar-refractivity contribution in [3.63, 3.8) is 0 Å². The first-order chi connectivity index (χ1) is 7.93. The van der Waals surface area contributed by atoms with Crippen LogP contribution in [0, 0.1) is 12.7 Å². The van der Waals surface area contributed by atoms with Crippen LogP contribution in [0.3, 0.4) is 0 Å². The maximum absolute atomic E-state index is 13.8. The van der Waals surface area contributed by atoms with Crippen LogP contribution in [0.1, 0.15) is 22.9 Å². The monoisotopic (exact) mass is 314 g/mol. The van der Waals surface area contributed by atoms with Crippen LogP contribution in [-0.4, -0.2) is 5.11 Å². The number of benzene rings is 1. The highest BCUT2D eigenvalue weighted by atomic mass is 79.9. The molecule has 0 aliphatic heterocycles. The molecule has 0 aliphatic rings. The summed E-state index contributed by atoms with van der Waals surface area (Å²) in [6.07, 6.45) is 0. The van der Waals surface area contributed by atoms with Gasteiger partial charge in [0.15, 0.2) is 0 Å². The van der Waals surface area contributed by atoms with Gasteiger partial charge in [-0.2, -0.15) is 0 Å². The predicted molar refractivity (Wildman–Crippen MR) is 71.8 cm³/mol. The molecule has 0 bridgehead atoms. The molecular weight excluding hydrogens is 303 g/mol. The third-order valence-corrected chi connectivity index (χ3v) is 4.48. The fourth-order valence-electron chi connectivity index (χ4n) is 1.86. The maximum Gasteiger partial charge on any atom is 0.129 e. The average molecular weight is 315 g/mol. The van der Waals surface area contributed by atoms with Crippen LogP contribution in [0.25, 0.3) is 0 Å². The molecule has 1 heterocycles. The van der Waals surface area contributed by atoms with Gasteiger partial charge in [-0.3, -0.25) is 0 Å². The van der Waals surface area contributed by atoms with Crippen molar-refractivity contribution in [3.8, 4) is 0 Å². The van der Waals surface area contributed by atoms with Gasteiger partial charge in [0.25, 0.3) is 0 Å². The molecule has 90 valence electrons. The minimum atomic E-state index is -1.30. The molecule has 2 aromatic rings. The molecular formula is C13H12BrFOS. The molecule has 1 atom stereocenters. The van der Waals surface area contributed by atoms with Crippen LogP contribution in [0.4, 0.5) is 4.39 Å². The van der Waals surface area contributed by atoms with Crippen molar-refractivity contribution < 1.29 is 9.50 Å². The van der Waals surface area contributed by atoms with Gasteiger partial charge in [-0.05, 0) is 49.1 Å². The van der Waals surface area contributed by atoms with Crippen LogP contribution in [0.2, 0.25) is 0 Å². The fraction of sp³-hybridized carbons (Fsp3) is 0.231. The van der Waals surface area contributed by atoms with Gasteiger partial charge in [-0.15, -0.1) is 11.3 Å². The van der Waals surface area contributed by atoms with Crippen molar-refractivity contribution in [2.24, 2.45) is 0 Å². The lowest BCUT2D eigenvalue weighted by atomic mass is 9.92. The third kappa shape index (κ3) is 2.30. The first kappa shape index (κ1) is 12.7. The van der Waals surface area contributed by atoms with Crippen LogP contribution in [0.15, 0.2) is 34.1 Å². The molecule has 0 fully saturated rings. The molecule has 1 N–H and O–H groups in total. The summed E-state index contributed by atoms with van der Waals surface area (Å²) in [5.41, 5.74) is -0.0386. The Morgan fingerprint density at radius 2 is 2.06 bits per heavy atom. The summed E-state index contributed by atoms with van der Waals surface area (Å²) in [7, 11) is 0. The van der Waals surface area contributed by atoms with Crippen molar-refractivity contribution in [2.45, 2.75) is 19.4 Å². The van der Waals surface area contributed by atoms with Gasteiger partial charge in [0.1, 0.15) is 11.4 Å². The van der Waals surface area contributed by atoms with E-state index in [0.717, 1.165) is 14.9 Å². The summed E-state index contributed by atoms with van der Waals surface area (Å²) in [4.78, 5) is 0.773. The summed E-state index contributed by atoms with van der Waals surface area (Å²) in [5.74, 6) is -0.397. The zero-order valence-electron chi connectivity index (χ0n) is 9.50. The normalized spacial score (nSPS) is 14.6. The summed E-state index contributed by atoms with van der Waals surface area (Å²) < 4.78 is 14.6. The van der Waals surface area contributed by atoms with Gasteiger partial charge in [0.2, 0.25) is 0 Å². The molecule has 0 amide bonds. The van der Waals surface area contributed by atoms with Gasteiger partial charge in [-0.1, -0.05) is 15.9 Å². The number of aliphatic hydroxyl groups is 1. The lowest BCUT2D eigenvalue weighted by Gasteiger charge is -2.24. The van der Waals surface area contributed by atoms with Gasteiger partial charge in [0, 0.05) is 14.9 Å². The van der Waals surface area contributed by atoms with Crippen LogP contribution >= 0.6 is 27.3 Å². The summed E-state index contributed by atoms with van der Waals surface area (Å²) in [6.45, 7) is 3.53. The van der Waals surface area contributed by atoms with E-state index < -0.39 is 11.4 Å². The van der Waals surface area contributed by atoms with Crippen molar-refractivity contribution in [1.82, 2.24) is 0 Å². The van der Waals surface area contributed by atoms with Crippen LogP contribution < -0.4 is 0 Å². The zero-order valence-corrected chi connectivity index (χ0v) is 11.9. The molecule has 0 spiro atoms. The second kappa shape index (κ2) is 4.52. The molecule has 1 aromatic heterocycles. The van der Waals surface area contributed by atoms with E-state index in [4.69, 9.17) is 0 Å². The third-order valence-electron chi connectivity index (χ3n) is 2.76. The van der Waals surface area contributed by atoms with Gasteiger partial charge < -0.3 is 5.11 Å². The van der Waals surface area contributed by atoms with Crippen molar-refractivity contribution in [1.29, 1.82) is 0 Å². The summed E-state index contributed by atoms with van der Waals surface area (Å²) in [5, 5.41) is 12.5. The standard InChI is InChI=1S/C13H12BrFOS/c1-8-5-6-17-12(8)13(2,16)10-7-9(14)3-4-11(10)15/h3-7,16H,1-2H3. The van der Waals surface area contributed by atoms with Crippen molar-refractivity contribution in [2.75, 3.05) is 0 Å². The van der Waals surface area contributed by atoms with Gasteiger partial charge in [0.05, 0.1) is 0 Å². The van der Waals surface area contributed by atoms with Crippen LogP contribution in [0.5, 0.6) is 0 Å². The highest BCUT2D eigenvalue weighted by molar-refractivity contribution is 9.10. The quantitative estimate of drug-likeness (QED) is 0.880. The maximum atomic E-state index is 13.8. The molecule has 17 heavy (non-hydrogen) atoms. The zero-order chi connectivity index (χ0) is 12.6. The van der Waals surface area contributed by atoms with Crippen molar-refractivity contribution in [3.05, 3.63) is 55.9 Å². The fourth-order valence-corrected chi connectivity index (χ4v) is 3.23. The Morgan fingerprint density at radius 1 is 1.35 bits per heavy atom. The summed E-state index contributed by atoms with van der Waals surface area (Å²) >= 11 is 4.73. The van der Waals surface area contributed by atoms with E-state index in [1.165, 1.54) is 17.4 Å². The Bertz CT molecular complexity index is 548. The molecule has 2 rings (SSSR count). The molecule has 1 aromatic carbocycles. The number of aryl methyl sites for hydroxylation is 1. The minimum Gasteiger partial charge on any atom is -0.380 e. The minimum absolute atomic E-state index is 0.289. The van der Waals surface area contributed by atoms with E-state index in [-0.39, 0.29) is 5.56 Å². The molecule has 1 nitrogen and oxygen atoms in total. The highest BCUT2D eigenvalue weighted by Crippen LogP contribution is 2.37. The van der Waals surface area contributed by atoms with Crippen molar-refractivity contribution >= 4 is 27.3 Å². The predicted octanol–water partition coefficient (Wildman–Crippen LogP) is 4.21. The van der Waals surface area contributed by atoms with Gasteiger partial charge >= 0.3 is 0 Å². The lowest BCUT2D eigenvalue weighted by Crippen LogP contribution is -2.24. The highest BCUT2D eigenvalue weighted by Gasteiger charge is 2.31. The first-order valence-corrected chi connectivity index (χ1v) is 6.82. The molecule has 1 unspecified atom stereocenters. The molecule has 0 saturated carbocycles.